The maximum absolute atomic E-state index is 12.0. The third-order valence-corrected chi connectivity index (χ3v) is 3.55. The first kappa shape index (κ1) is 15.8. The van der Waals surface area contributed by atoms with Crippen LogP contribution in [-0.2, 0) is 16.0 Å². The van der Waals surface area contributed by atoms with E-state index in [1.54, 1.807) is 12.1 Å². The van der Waals surface area contributed by atoms with Crippen LogP contribution in [0.3, 0.4) is 0 Å². The van der Waals surface area contributed by atoms with Crippen LogP contribution in [0.2, 0.25) is 0 Å². The van der Waals surface area contributed by atoms with Gasteiger partial charge in [-0.05, 0) is 49.1 Å². The van der Waals surface area contributed by atoms with E-state index in [9.17, 15) is 9.59 Å². The highest BCUT2D eigenvalue weighted by Crippen LogP contribution is 2.19. The molecule has 0 heterocycles. The summed E-state index contributed by atoms with van der Waals surface area (Å²) in [4.78, 5) is 24.0. The standard InChI is InChI=1S/C18H20N2O2/c1-4-14-8-10-15(11-9-14)19-17(21)18(22)20-16-12(2)6-5-7-13(16)3/h5-11H,4H2,1-3H3,(H,19,21)(H,20,22). The predicted octanol–water partition coefficient (Wildman–Crippen LogP) is 3.44. The molecule has 2 rings (SSSR count). The Morgan fingerprint density at radius 2 is 1.41 bits per heavy atom. The summed E-state index contributed by atoms with van der Waals surface area (Å²) in [6.45, 7) is 5.85. The molecule has 0 unspecified atom stereocenters. The summed E-state index contributed by atoms with van der Waals surface area (Å²) in [7, 11) is 0. The number of aryl methyl sites for hydroxylation is 3. The first-order chi connectivity index (χ1) is 10.5. The number of carbonyl (C=O) groups is 2. The first-order valence-corrected chi connectivity index (χ1v) is 7.28. The fraction of sp³-hybridized carbons (Fsp3) is 0.222. The molecule has 2 amide bonds. The molecule has 114 valence electrons. The van der Waals surface area contributed by atoms with Gasteiger partial charge in [0.05, 0.1) is 0 Å². The lowest BCUT2D eigenvalue weighted by Crippen LogP contribution is -2.29. The number of carbonyl (C=O) groups excluding carboxylic acids is 2. The number of anilines is 2. The van der Waals surface area contributed by atoms with E-state index in [0.29, 0.717) is 11.4 Å². The largest absolute Gasteiger partial charge is 0.318 e. The molecule has 0 aromatic heterocycles. The number of hydrogen-bond acceptors (Lipinski definition) is 2. The third kappa shape index (κ3) is 3.73. The Morgan fingerprint density at radius 1 is 0.864 bits per heavy atom. The monoisotopic (exact) mass is 296 g/mol. The Kier molecular flexibility index (Phi) is 4.94. The van der Waals surface area contributed by atoms with Crippen LogP contribution < -0.4 is 10.6 Å². The van der Waals surface area contributed by atoms with Gasteiger partial charge in [-0.1, -0.05) is 37.3 Å². The van der Waals surface area contributed by atoms with Gasteiger partial charge in [-0.2, -0.15) is 0 Å². The zero-order valence-corrected chi connectivity index (χ0v) is 13.1. The summed E-state index contributed by atoms with van der Waals surface area (Å²) in [5.74, 6) is -1.34. The molecule has 0 fully saturated rings. The topological polar surface area (TPSA) is 58.2 Å². The van der Waals surface area contributed by atoms with Gasteiger partial charge in [0.2, 0.25) is 0 Å². The van der Waals surface area contributed by atoms with Gasteiger partial charge >= 0.3 is 11.8 Å². The quantitative estimate of drug-likeness (QED) is 0.852. The Balaban J connectivity index is 2.04. The molecule has 2 N–H and O–H groups in total. The number of benzene rings is 2. The normalized spacial score (nSPS) is 10.1. The molecule has 2 aromatic rings. The molecule has 0 bridgehead atoms. The van der Waals surface area contributed by atoms with Crippen LogP contribution in [0.1, 0.15) is 23.6 Å². The molecule has 0 aliphatic carbocycles. The minimum Gasteiger partial charge on any atom is -0.318 e. The molecule has 0 radical (unpaired) electrons. The first-order valence-electron chi connectivity index (χ1n) is 7.28. The summed E-state index contributed by atoms with van der Waals surface area (Å²) in [5.41, 5.74) is 4.32. The summed E-state index contributed by atoms with van der Waals surface area (Å²) in [6.07, 6.45) is 0.932. The molecule has 0 saturated carbocycles. The molecule has 0 saturated heterocycles. The second-order valence-electron chi connectivity index (χ2n) is 5.23. The number of rotatable bonds is 3. The summed E-state index contributed by atoms with van der Waals surface area (Å²) < 4.78 is 0. The van der Waals surface area contributed by atoms with E-state index in [0.717, 1.165) is 17.5 Å². The van der Waals surface area contributed by atoms with E-state index in [1.807, 2.05) is 44.2 Å². The fourth-order valence-electron chi connectivity index (χ4n) is 2.19. The highest BCUT2D eigenvalue weighted by molar-refractivity contribution is 6.43. The summed E-state index contributed by atoms with van der Waals surface area (Å²) in [5, 5.41) is 5.27. The van der Waals surface area contributed by atoms with Crippen LogP contribution in [-0.4, -0.2) is 11.8 Å². The van der Waals surface area contributed by atoms with Gasteiger partial charge in [-0.25, -0.2) is 0 Å². The lowest BCUT2D eigenvalue weighted by Gasteiger charge is -2.11. The molecule has 2 aromatic carbocycles. The van der Waals surface area contributed by atoms with Gasteiger partial charge in [-0.15, -0.1) is 0 Å². The van der Waals surface area contributed by atoms with Crippen molar-refractivity contribution in [3.8, 4) is 0 Å². The number of para-hydroxylation sites is 1. The number of hydrogen-bond donors (Lipinski definition) is 2. The fourth-order valence-corrected chi connectivity index (χ4v) is 2.19. The van der Waals surface area contributed by atoms with Gasteiger partial charge in [0.15, 0.2) is 0 Å². The van der Waals surface area contributed by atoms with Crippen molar-refractivity contribution >= 4 is 23.2 Å². The van der Waals surface area contributed by atoms with E-state index in [4.69, 9.17) is 0 Å². The van der Waals surface area contributed by atoms with E-state index >= 15 is 0 Å². The van der Waals surface area contributed by atoms with Crippen LogP contribution in [0, 0.1) is 13.8 Å². The van der Waals surface area contributed by atoms with Crippen molar-refractivity contribution in [2.45, 2.75) is 27.2 Å². The molecule has 0 spiro atoms. The minimum absolute atomic E-state index is 0.610. The molecule has 0 aliphatic rings. The lowest BCUT2D eigenvalue weighted by atomic mass is 10.1. The lowest BCUT2D eigenvalue weighted by molar-refractivity contribution is -0.133. The van der Waals surface area contributed by atoms with Crippen molar-refractivity contribution in [2.75, 3.05) is 10.6 Å². The average Bonchev–Trinajstić information content (AvgIpc) is 2.51. The molecule has 4 nitrogen and oxygen atoms in total. The average molecular weight is 296 g/mol. The Labute approximate surface area is 130 Å². The van der Waals surface area contributed by atoms with E-state index in [1.165, 1.54) is 5.56 Å². The van der Waals surface area contributed by atoms with Gasteiger partial charge in [0.25, 0.3) is 0 Å². The van der Waals surface area contributed by atoms with E-state index in [2.05, 4.69) is 17.6 Å². The zero-order valence-electron chi connectivity index (χ0n) is 13.1. The van der Waals surface area contributed by atoms with Crippen molar-refractivity contribution in [2.24, 2.45) is 0 Å². The molecule has 0 atom stereocenters. The molecule has 22 heavy (non-hydrogen) atoms. The molecular weight excluding hydrogens is 276 g/mol. The molecule has 4 heteroatoms. The second kappa shape index (κ2) is 6.89. The number of amides is 2. The Morgan fingerprint density at radius 3 is 1.95 bits per heavy atom. The maximum Gasteiger partial charge on any atom is 0.314 e. The van der Waals surface area contributed by atoms with Crippen LogP contribution in [0.4, 0.5) is 11.4 Å². The van der Waals surface area contributed by atoms with Crippen molar-refractivity contribution < 1.29 is 9.59 Å². The Hall–Kier alpha value is -2.62. The SMILES string of the molecule is CCc1ccc(NC(=O)C(=O)Nc2c(C)cccc2C)cc1. The van der Waals surface area contributed by atoms with Crippen molar-refractivity contribution in [3.63, 3.8) is 0 Å². The van der Waals surface area contributed by atoms with Crippen molar-refractivity contribution in [1.82, 2.24) is 0 Å². The van der Waals surface area contributed by atoms with Crippen molar-refractivity contribution in [1.29, 1.82) is 0 Å². The van der Waals surface area contributed by atoms with E-state index < -0.39 is 11.8 Å². The minimum atomic E-state index is -0.674. The summed E-state index contributed by atoms with van der Waals surface area (Å²) in [6, 6.07) is 13.1. The van der Waals surface area contributed by atoms with Crippen LogP contribution in [0.5, 0.6) is 0 Å². The highest BCUT2D eigenvalue weighted by atomic mass is 16.2. The van der Waals surface area contributed by atoms with Gasteiger partial charge in [-0.3, -0.25) is 9.59 Å². The van der Waals surface area contributed by atoms with Gasteiger partial charge < -0.3 is 10.6 Å². The van der Waals surface area contributed by atoms with Crippen LogP contribution in [0.25, 0.3) is 0 Å². The van der Waals surface area contributed by atoms with Crippen LogP contribution >= 0.6 is 0 Å². The Bertz CT molecular complexity index is 670. The summed E-state index contributed by atoms with van der Waals surface area (Å²) >= 11 is 0. The predicted molar refractivity (Wildman–Crippen MR) is 89.0 cm³/mol. The van der Waals surface area contributed by atoms with Crippen LogP contribution in [0.15, 0.2) is 42.5 Å². The molecule has 0 aliphatic heterocycles. The number of nitrogens with one attached hydrogen (secondary N) is 2. The maximum atomic E-state index is 12.0. The van der Waals surface area contributed by atoms with E-state index in [-0.39, 0.29) is 0 Å². The second-order valence-corrected chi connectivity index (χ2v) is 5.23. The highest BCUT2D eigenvalue weighted by Gasteiger charge is 2.15. The van der Waals surface area contributed by atoms with Gasteiger partial charge in [0, 0.05) is 11.4 Å². The molecular formula is C18H20N2O2. The third-order valence-electron chi connectivity index (χ3n) is 3.55. The van der Waals surface area contributed by atoms with Gasteiger partial charge in [0.1, 0.15) is 0 Å². The zero-order chi connectivity index (χ0) is 16.1. The smallest absolute Gasteiger partial charge is 0.314 e. The van der Waals surface area contributed by atoms with Crippen molar-refractivity contribution in [3.05, 3.63) is 59.2 Å².